The summed E-state index contributed by atoms with van der Waals surface area (Å²) in [6.45, 7) is 4.35. The highest BCUT2D eigenvalue weighted by molar-refractivity contribution is 14.0. The minimum atomic E-state index is -0.757. The summed E-state index contributed by atoms with van der Waals surface area (Å²) in [6, 6.07) is 5.12. The molecule has 136 valence electrons. The third-order valence-corrected chi connectivity index (χ3v) is 4.72. The average Bonchev–Trinajstić information content (AvgIpc) is 2.54. The molecule has 0 radical (unpaired) electrons. The predicted octanol–water partition coefficient (Wildman–Crippen LogP) is 3.40. The molecule has 2 rings (SSSR count). The molecule has 1 saturated heterocycles. The number of ether oxygens (including phenoxy) is 1. The second-order valence-corrected chi connectivity index (χ2v) is 6.67. The Labute approximate surface area is 170 Å². The Morgan fingerprint density at radius 3 is 2.75 bits per heavy atom. The van der Waals surface area contributed by atoms with Crippen LogP contribution in [0.4, 0.5) is 0 Å². The van der Waals surface area contributed by atoms with Gasteiger partial charge < -0.3 is 20.5 Å². The molecule has 1 aliphatic rings. The number of hydrogen-bond donors (Lipinski definition) is 2. The minimum absolute atomic E-state index is 0. The largest absolute Gasteiger partial charge is 0.489 e. The first-order valence-corrected chi connectivity index (χ1v) is 8.52. The smallest absolute Gasteiger partial charge is 0.191 e. The molecule has 1 heterocycles. The van der Waals surface area contributed by atoms with E-state index < -0.39 is 6.10 Å². The molecule has 0 saturated carbocycles. The first kappa shape index (κ1) is 21.6. The number of likely N-dealkylation sites (tertiary alicyclic amines) is 1. The summed E-state index contributed by atoms with van der Waals surface area (Å²) in [5.41, 5.74) is 5.98. The van der Waals surface area contributed by atoms with Gasteiger partial charge in [-0.1, -0.05) is 36.2 Å². The van der Waals surface area contributed by atoms with Crippen LogP contribution in [0, 0.1) is 5.92 Å². The SMILES string of the molecule is CC1CCN(C(N)=NCC(O)COc2cccc(Cl)c2Cl)CC1.I. The van der Waals surface area contributed by atoms with Crippen LogP contribution >= 0.6 is 47.2 Å². The molecule has 0 aliphatic carbocycles. The zero-order valence-corrected chi connectivity index (χ0v) is 17.5. The minimum Gasteiger partial charge on any atom is -0.489 e. The highest BCUT2D eigenvalue weighted by atomic mass is 127. The van der Waals surface area contributed by atoms with Gasteiger partial charge in [-0.05, 0) is 30.9 Å². The molecule has 5 nitrogen and oxygen atoms in total. The molecule has 0 aromatic heterocycles. The third kappa shape index (κ3) is 6.46. The van der Waals surface area contributed by atoms with Crippen LogP contribution in [-0.4, -0.2) is 48.3 Å². The summed E-state index contributed by atoms with van der Waals surface area (Å²) in [5.74, 6) is 1.66. The normalized spacial score (nSPS) is 17.3. The van der Waals surface area contributed by atoms with E-state index in [9.17, 15) is 5.11 Å². The summed E-state index contributed by atoms with van der Waals surface area (Å²) in [7, 11) is 0. The highest BCUT2D eigenvalue weighted by Crippen LogP contribution is 2.31. The molecule has 0 spiro atoms. The fraction of sp³-hybridized carbons (Fsp3) is 0.562. The van der Waals surface area contributed by atoms with Gasteiger partial charge >= 0.3 is 0 Å². The Hall–Kier alpha value is -0.440. The quantitative estimate of drug-likeness (QED) is 0.379. The van der Waals surface area contributed by atoms with E-state index in [1.807, 2.05) is 0 Å². The van der Waals surface area contributed by atoms with Gasteiger partial charge in [-0.15, -0.1) is 24.0 Å². The molecule has 1 aromatic carbocycles. The van der Waals surface area contributed by atoms with Crippen molar-refractivity contribution in [2.45, 2.75) is 25.9 Å². The third-order valence-electron chi connectivity index (χ3n) is 3.92. The molecular weight excluding hydrogens is 464 g/mol. The van der Waals surface area contributed by atoms with E-state index in [2.05, 4.69) is 16.8 Å². The number of aliphatic hydroxyl groups is 1. The number of halogens is 3. The van der Waals surface area contributed by atoms with Gasteiger partial charge in [-0.2, -0.15) is 0 Å². The fourth-order valence-corrected chi connectivity index (χ4v) is 2.72. The van der Waals surface area contributed by atoms with Gasteiger partial charge in [0.15, 0.2) is 5.96 Å². The first-order chi connectivity index (χ1) is 11.0. The Kier molecular flexibility index (Phi) is 9.48. The van der Waals surface area contributed by atoms with Gasteiger partial charge in [0.05, 0.1) is 11.6 Å². The molecular formula is C16H24Cl2IN3O2. The first-order valence-electron chi connectivity index (χ1n) is 7.77. The second-order valence-electron chi connectivity index (χ2n) is 5.89. The molecule has 0 bridgehead atoms. The summed E-state index contributed by atoms with van der Waals surface area (Å²) < 4.78 is 5.48. The van der Waals surface area contributed by atoms with Crippen molar-refractivity contribution in [1.82, 2.24) is 4.90 Å². The zero-order valence-electron chi connectivity index (χ0n) is 13.6. The van der Waals surface area contributed by atoms with E-state index in [1.165, 1.54) is 0 Å². The lowest BCUT2D eigenvalue weighted by Crippen LogP contribution is -2.43. The number of hydrogen-bond acceptors (Lipinski definition) is 3. The highest BCUT2D eigenvalue weighted by Gasteiger charge is 2.17. The summed E-state index contributed by atoms with van der Waals surface area (Å²) in [4.78, 5) is 6.31. The molecule has 1 fully saturated rings. The van der Waals surface area contributed by atoms with Crippen LogP contribution in [0.25, 0.3) is 0 Å². The van der Waals surface area contributed by atoms with Crippen LogP contribution < -0.4 is 10.5 Å². The van der Waals surface area contributed by atoms with Crippen LogP contribution in [0.3, 0.4) is 0 Å². The lowest BCUT2D eigenvalue weighted by atomic mass is 10.00. The van der Waals surface area contributed by atoms with Crippen molar-refractivity contribution in [3.63, 3.8) is 0 Å². The number of rotatable bonds is 5. The standard InChI is InChI=1S/C16H23Cl2N3O2.HI/c1-11-5-7-21(8-6-11)16(19)20-9-12(22)10-23-14-4-2-3-13(17)15(14)18;/h2-4,11-12,22H,5-10H2,1H3,(H2,19,20);1H. The fourth-order valence-electron chi connectivity index (χ4n) is 2.37. The Bertz CT molecular complexity index is 552. The van der Waals surface area contributed by atoms with E-state index in [0.717, 1.165) is 31.8 Å². The number of nitrogens with zero attached hydrogens (tertiary/aromatic N) is 2. The van der Waals surface area contributed by atoms with Gasteiger partial charge in [0.25, 0.3) is 0 Å². The molecule has 1 atom stereocenters. The van der Waals surface area contributed by atoms with Gasteiger partial charge in [-0.25, -0.2) is 0 Å². The summed E-state index contributed by atoms with van der Waals surface area (Å²) in [6.07, 6.45) is 1.48. The van der Waals surface area contributed by atoms with Gasteiger partial charge in [-0.3, -0.25) is 4.99 Å². The van der Waals surface area contributed by atoms with Gasteiger partial charge in [0, 0.05) is 13.1 Å². The zero-order chi connectivity index (χ0) is 16.8. The van der Waals surface area contributed by atoms with Crippen LogP contribution in [-0.2, 0) is 0 Å². The van der Waals surface area contributed by atoms with Crippen molar-refractivity contribution in [3.8, 4) is 5.75 Å². The van der Waals surface area contributed by atoms with Crippen molar-refractivity contribution < 1.29 is 9.84 Å². The van der Waals surface area contributed by atoms with Crippen LogP contribution in [0.1, 0.15) is 19.8 Å². The van der Waals surface area contributed by atoms with Gasteiger partial charge in [0.2, 0.25) is 0 Å². The number of aliphatic imine (C=N–C) groups is 1. The number of piperidine rings is 1. The van der Waals surface area contributed by atoms with Crippen molar-refractivity contribution in [2.24, 2.45) is 16.6 Å². The topological polar surface area (TPSA) is 71.1 Å². The van der Waals surface area contributed by atoms with E-state index in [0.29, 0.717) is 21.8 Å². The lowest BCUT2D eigenvalue weighted by molar-refractivity contribution is 0.114. The van der Waals surface area contributed by atoms with Crippen molar-refractivity contribution in [2.75, 3.05) is 26.2 Å². The molecule has 1 aromatic rings. The molecule has 1 aliphatic heterocycles. The Morgan fingerprint density at radius 1 is 1.42 bits per heavy atom. The van der Waals surface area contributed by atoms with E-state index >= 15 is 0 Å². The van der Waals surface area contributed by atoms with Gasteiger partial charge in [0.1, 0.15) is 23.5 Å². The second kappa shape index (κ2) is 10.5. The van der Waals surface area contributed by atoms with Crippen LogP contribution in [0.15, 0.2) is 23.2 Å². The summed E-state index contributed by atoms with van der Waals surface area (Å²) >= 11 is 11.9. The summed E-state index contributed by atoms with van der Waals surface area (Å²) in [5, 5.41) is 10.7. The molecule has 3 N–H and O–H groups in total. The number of guanidine groups is 1. The maximum absolute atomic E-state index is 9.98. The molecule has 24 heavy (non-hydrogen) atoms. The Balaban J connectivity index is 0.00000288. The van der Waals surface area contributed by atoms with Crippen molar-refractivity contribution >= 4 is 53.1 Å². The Morgan fingerprint density at radius 2 is 2.08 bits per heavy atom. The molecule has 0 amide bonds. The predicted molar refractivity (Wildman–Crippen MR) is 110 cm³/mol. The monoisotopic (exact) mass is 487 g/mol. The number of benzene rings is 1. The van der Waals surface area contributed by atoms with Crippen LogP contribution in [0.5, 0.6) is 5.75 Å². The van der Waals surface area contributed by atoms with E-state index in [1.54, 1.807) is 18.2 Å². The number of aliphatic hydroxyl groups excluding tert-OH is 1. The van der Waals surface area contributed by atoms with Crippen LogP contribution in [0.2, 0.25) is 10.0 Å². The van der Waals surface area contributed by atoms with E-state index in [4.69, 9.17) is 33.7 Å². The van der Waals surface area contributed by atoms with E-state index in [-0.39, 0.29) is 37.1 Å². The van der Waals surface area contributed by atoms with Crippen molar-refractivity contribution in [1.29, 1.82) is 0 Å². The maximum atomic E-state index is 9.98. The number of nitrogens with two attached hydrogens (primary N) is 1. The average molecular weight is 488 g/mol. The van der Waals surface area contributed by atoms with Crippen molar-refractivity contribution in [3.05, 3.63) is 28.2 Å². The molecule has 1 unspecified atom stereocenters. The maximum Gasteiger partial charge on any atom is 0.191 e. The lowest BCUT2D eigenvalue weighted by Gasteiger charge is -2.31. The molecule has 8 heteroatoms.